The van der Waals surface area contributed by atoms with Crippen molar-refractivity contribution in [3.8, 4) is 23.0 Å². The van der Waals surface area contributed by atoms with Crippen LogP contribution in [0, 0.1) is 0 Å². The summed E-state index contributed by atoms with van der Waals surface area (Å²) in [6, 6.07) is 28.7. The highest BCUT2D eigenvalue weighted by molar-refractivity contribution is 5.99. The highest BCUT2D eigenvalue weighted by Crippen LogP contribution is 2.29. The van der Waals surface area contributed by atoms with E-state index >= 15 is 0 Å². The second-order valence-electron chi connectivity index (χ2n) is 9.10. The Hall–Kier alpha value is -4.58. The molecule has 4 rings (SSSR count). The number of carbonyl (C=O) groups excluding carboxylic acids is 2. The van der Waals surface area contributed by atoms with Gasteiger partial charge in [-0.3, -0.25) is 9.59 Å². The third-order valence-electron chi connectivity index (χ3n) is 6.15. The minimum absolute atomic E-state index is 0.0425. The van der Waals surface area contributed by atoms with Gasteiger partial charge in [0, 0.05) is 24.2 Å². The number of hydrogen-bond donors (Lipinski definition) is 2. The average Bonchev–Trinajstić information content (AvgIpc) is 2.93. The molecule has 4 N–H and O–H groups in total. The monoisotopic (exact) mass is 508 g/mol. The summed E-state index contributed by atoms with van der Waals surface area (Å²) in [4.78, 5) is 25.7. The van der Waals surface area contributed by atoms with Gasteiger partial charge < -0.3 is 20.9 Å². The van der Waals surface area contributed by atoms with Crippen LogP contribution in [-0.4, -0.2) is 11.6 Å². The van der Waals surface area contributed by atoms with Gasteiger partial charge in [0.05, 0.1) is 11.1 Å². The molecule has 0 aliphatic rings. The maximum absolute atomic E-state index is 12.9. The summed E-state index contributed by atoms with van der Waals surface area (Å²) in [6.45, 7) is 0. The van der Waals surface area contributed by atoms with Crippen molar-refractivity contribution < 1.29 is 19.1 Å². The molecule has 0 bridgehead atoms. The molecular formula is C32H32N2O4. The van der Waals surface area contributed by atoms with Gasteiger partial charge >= 0.3 is 0 Å². The van der Waals surface area contributed by atoms with Crippen LogP contribution in [0.5, 0.6) is 23.0 Å². The fourth-order valence-electron chi connectivity index (χ4n) is 4.09. The Morgan fingerprint density at radius 1 is 0.500 bits per heavy atom. The zero-order valence-electron chi connectivity index (χ0n) is 21.3. The number of unbranched alkanes of at least 4 members (excludes halogenated alkanes) is 3. The molecule has 0 saturated carbocycles. The van der Waals surface area contributed by atoms with Crippen LogP contribution in [0.25, 0.3) is 0 Å². The predicted molar refractivity (Wildman–Crippen MR) is 151 cm³/mol. The van der Waals surface area contributed by atoms with E-state index in [9.17, 15) is 9.59 Å². The van der Waals surface area contributed by atoms with E-state index in [4.69, 9.17) is 20.9 Å². The summed E-state index contributed by atoms with van der Waals surface area (Å²) >= 11 is 0. The fourth-order valence-corrected chi connectivity index (χ4v) is 4.09. The number of Topliss-reactive ketones (excluding diaryl/α,β-unsaturated/α-hetero) is 2. The molecule has 0 atom stereocenters. The number of carbonyl (C=O) groups is 2. The quantitative estimate of drug-likeness (QED) is 0.108. The van der Waals surface area contributed by atoms with E-state index in [1.165, 1.54) is 0 Å². The van der Waals surface area contributed by atoms with Crippen LogP contribution in [0.15, 0.2) is 97.1 Å². The fraction of sp³-hybridized carbons (Fsp3) is 0.188. The summed E-state index contributed by atoms with van der Waals surface area (Å²) in [7, 11) is 0. The Morgan fingerprint density at radius 2 is 0.868 bits per heavy atom. The smallest absolute Gasteiger partial charge is 0.166 e. The Bertz CT molecular complexity index is 1260. The molecule has 0 aromatic heterocycles. The minimum atomic E-state index is 0.0425. The lowest BCUT2D eigenvalue weighted by molar-refractivity contribution is 0.0963. The van der Waals surface area contributed by atoms with E-state index in [0.717, 1.165) is 25.7 Å². The minimum Gasteiger partial charge on any atom is -0.457 e. The number of benzene rings is 4. The Kier molecular flexibility index (Phi) is 9.13. The maximum atomic E-state index is 12.9. The van der Waals surface area contributed by atoms with Crippen molar-refractivity contribution in [1.82, 2.24) is 0 Å². The zero-order chi connectivity index (χ0) is 26.7. The number of anilines is 2. The number of nitrogen functional groups attached to an aromatic ring is 2. The first-order valence-electron chi connectivity index (χ1n) is 12.8. The van der Waals surface area contributed by atoms with E-state index < -0.39 is 0 Å². The van der Waals surface area contributed by atoms with Crippen LogP contribution in [0.3, 0.4) is 0 Å². The molecule has 0 aliphatic heterocycles. The highest BCUT2D eigenvalue weighted by Gasteiger charge is 2.14. The van der Waals surface area contributed by atoms with Crippen molar-refractivity contribution in [1.29, 1.82) is 0 Å². The third kappa shape index (κ3) is 7.46. The molecule has 4 aromatic carbocycles. The number of ketones is 2. The first kappa shape index (κ1) is 26.5. The molecule has 0 saturated heterocycles. The summed E-state index contributed by atoms with van der Waals surface area (Å²) < 4.78 is 11.8. The lowest BCUT2D eigenvalue weighted by Crippen LogP contribution is -2.03. The molecule has 0 amide bonds. The Labute approximate surface area is 223 Å². The van der Waals surface area contributed by atoms with Crippen molar-refractivity contribution in [3.63, 3.8) is 0 Å². The second-order valence-corrected chi connectivity index (χ2v) is 9.10. The molecule has 38 heavy (non-hydrogen) atoms. The van der Waals surface area contributed by atoms with Gasteiger partial charge in [0.15, 0.2) is 11.6 Å². The van der Waals surface area contributed by atoms with Crippen molar-refractivity contribution in [2.45, 2.75) is 38.5 Å². The number of para-hydroxylation sites is 2. The highest BCUT2D eigenvalue weighted by atomic mass is 16.5. The van der Waals surface area contributed by atoms with Gasteiger partial charge in [0.1, 0.15) is 23.0 Å². The molecule has 6 nitrogen and oxygen atoms in total. The average molecular weight is 509 g/mol. The van der Waals surface area contributed by atoms with E-state index in [0.29, 0.717) is 58.3 Å². The largest absolute Gasteiger partial charge is 0.457 e. The van der Waals surface area contributed by atoms with E-state index in [1.807, 2.05) is 24.3 Å². The second kappa shape index (κ2) is 13.1. The van der Waals surface area contributed by atoms with Crippen LogP contribution in [0.4, 0.5) is 11.4 Å². The summed E-state index contributed by atoms with van der Waals surface area (Å²) in [5.41, 5.74) is 13.9. The van der Waals surface area contributed by atoms with Gasteiger partial charge in [0.25, 0.3) is 0 Å². The first-order valence-corrected chi connectivity index (χ1v) is 12.8. The molecular weight excluding hydrogens is 476 g/mol. The number of rotatable bonds is 13. The Morgan fingerprint density at radius 3 is 1.26 bits per heavy atom. The van der Waals surface area contributed by atoms with E-state index in [-0.39, 0.29) is 11.6 Å². The topological polar surface area (TPSA) is 105 Å². The molecule has 0 aliphatic carbocycles. The van der Waals surface area contributed by atoms with Crippen LogP contribution in [-0.2, 0) is 0 Å². The zero-order valence-corrected chi connectivity index (χ0v) is 21.3. The van der Waals surface area contributed by atoms with E-state index in [2.05, 4.69) is 0 Å². The molecule has 0 spiro atoms. The van der Waals surface area contributed by atoms with Gasteiger partial charge in [-0.2, -0.15) is 0 Å². The van der Waals surface area contributed by atoms with Gasteiger partial charge in [-0.1, -0.05) is 37.1 Å². The van der Waals surface area contributed by atoms with Gasteiger partial charge in [-0.05, 0) is 85.6 Å². The lowest BCUT2D eigenvalue weighted by atomic mass is 10.0. The standard InChI is InChI=1S/C32H32N2O4/c33-23-15-19-25(20-16-23)37-31-13-7-5-9-27(31)29(35)11-3-1-2-4-12-30(36)28-10-6-8-14-32(28)38-26-21-17-24(34)18-22-26/h5-10,13-22H,1-4,11-12,33-34H2. The lowest BCUT2D eigenvalue weighted by Gasteiger charge is -2.11. The van der Waals surface area contributed by atoms with Gasteiger partial charge in [-0.25, -0.2) is 0 Å². The molecule has 0 unspecified atom stereocenters. The van der Waals surface area contributed by atoms with Crippen LogP contribution in [0.2, 0.25) is 0 Å². The van der Waals surface area contributed by atoms with Gasteiger partial charge in [-0.15, -0.1) is 0 Å². The molecule has 4 aromatic rings. The van der Waals surface area contributed by atoms with Gasteiger partial charge in [0.2, 0.25) is 0 Å². The predicted octanol–water partition coefficient (Wildman–Crippen LogP) is 7.84. The first-order chi connectivity index (χ1) is 18.5. The molecule has 0 heterocycles. The van der Waals surface area contributed by atoms with Crippen molar-refractivity contribution in [2.75, 3.05) is 11.5 Å². The molecule has 0 fully saturated rings. The summed E-state index contributed by atoms with van der Waals surface area (Å²) in [5, 5.41) is 0. The number of ether oxygens (including phenoxy) is 2. The van der Waals surface area contributed by atoms with Crippen LogP contribution >= 0.6 is 0 Å². The third-order valence-corrected chi connectivity index (χ3v) is 6.15. The summed E-state index contributed by atoms with van der Waals surface area (Å²) in [5.74, 6) is 2.41. The maximum Gasteiger partial charge on any atom is 0.166 e. The molecule has 194 valence electrons. The number of hydrogen-bond acceptors (Lipinski definition) is 6. The summed E-state index contributed by atoms with van der Waals surface area (Å²) in [6.07, 6.45) is 4.08. The number of nitrogens with two attached hydrogens (primary N) is 2. The van der Waals surface area contributed by atoms with Crippen molar-refractivity contribution in [2.24, 2.45) is 0 Å². The SMILES string of the molecule is Nc1ccc(Oc2ccccc2C(=O)CCCCCCC(=O)c2ccccc2Oc2ccc(N)cc2)cc1. The van der Waals surface area contributed by atoms with Crippen molar-refractivity contribution >= 4 is 22.9 Å². The Balaban J connectivity index is 1.22. The molecule has 6 heteroatoms. The normalized spacial score (nSPS) is 10.6. The van der Waals surface area contributed by atoms with Crippen LogP contribution < -0.4 is 20.9 Å². The van der Waals surface area contributed by atoms with E-state index in [1.54, 1.807) is 72.8 Å². The molecule has 0 radical (unpaired) electrons. The van der Waals surface area contributed by atoms with Crippen molar-refractivity contribution in [3.05, 3.63) is 108 Å². The van der Waals surface area contributed by atoms with Crippen LogP contribution in [0.1, 0.15) is 59.2 Å².